The van der Waals surface area contributed by atoms with Crippen LogP contribution in [0.5, 0.6) is 0 Å². The van der Waals surface area contributed by atoms with Crippen LogP contribution in [0.1, 0.15) is 58.8 Å². The molecule has 0 aromatic rings. The average molecular weight is 229 g/mol. The fourth-order valence-corrected chi connectivity index (χ4v) is 1.62. The Morgan fingerprint density at radius 1 is 1.19 bits per heavy atom. The highest BCUT2D eigenvalue weighted by molar-refractivity contribution is 5.77. The van der Waals surface area contributed by atoms with E-state index in [9.17, 15) is 9.59 Å². The van der Waals surface area contributed by atoms with Crippen molar-refractivity contribution in [3.05, 3.63) is 0 Å². The SMILES string of the molecule is CCCCCC(=O)NC(CCC)CC(=O)O. The molecule has 0 aliphatic carbocycles. The highest BCUT2D eigenvalue weighted by atomic mass is 16.4. The molecule has 0 fully saturated rings. The van der Waals surface area contributed by atoms with E-state index in [1.807, 2.05) is 6.92 Å². The van der Waals surface area contributed by atoms with Gasteiger partial charge in [-0.05, 0) is 12.8 Å². The first-order valence-electron chi connectivity index (χ1n) is 6.11. The lowest BCUT2D eigenvalue weighted by atomic mass is 10.1. The third-order valence-corrected chi connectivity index (χ3v) is 2.43. The van der Waals surface area contributed by atoms with E-state index in [0.717, 1.165) is 32.1 Å². The zero-order chi connectivity index (χ0) is 12.4. The van der Waals surface area contributed by atoms with Crippen molar-refractivity contribution in [2.75, 3.05) is 0 Å². The predicted octanol–water partition coefficient (Wildman–Crippen LogP) is 2.33. The molecule has 0 radical (unpaired) electrons. The molecule has 0 saturated carbocycles. The van der Waals surface area contributed by atoms with Crippen LogP contribution in [-0.2, 0) is 9.59 Å². The summed E-state index contributed by atoms with van der Waals surface area (Å²) < 4.78 is 0. The lowest BCUT2D eigenvalue weighted by Crippen LogP contribution is -2.36. The molecule has 0 bridgehead atoms. The van der Waals surface area contributed by atoms with Crippen LogP contribution in [0, 0.1) is 0 Å². The number of carboxylic acid groups (broad SMARTS) is 1. The quantitative estimate of drug-likeness (QED) is 0.596. The van der Waals surface area contributed by atoms with E-state index in [0.29, 0.717) is 6.42 Å². The highest BCUT2D eigenvalue weighted by Crippen LogP contribution is 2.04. The smallest absolute Gasteiger partial charge is 0.305 e. The van der Waals surface area contributed by atoms with Crippen LogP contribution < -0.4 is 5.32 Å². The number of carboxylic acids is 1. The molecule has 4 nitrogen and oxygen atoms in total. The molecule has 0 aliphatic heterocycles. The van der Waals surface area contributed by atoms with Crippen LogP contribution in [-0.4, -0.2) is 23.0 Å². The number of amides is 1. The number of unbranched alkanes of at least 4 members (excludes halogenated alkanes) is 2. The van der Waals surface area contributed by atoms with Crippen molar-refractivity contribution in [1.29, 1.82) is 0 Å². The maximum absolute atomic E-state index is 11.5. The normalized spacial score (nSPS) is 12.1. The minimum atomic E-state index is -0.854. The van der Waals surface area contributed by atoms with E-state index in [1.165, 1.54) is 0 Å². The molecule has 16 heavy (non-hydrogen) atoms. The van der Waals surface area contributed by atoms with E-state index in [1.54, 1.807) is 0 Å². The lowest BCUT2D eigenvalue weighted by Gasteiger charge is -2.15. The summed E-state index contributed by atoms with van der Waals surface area (Å²) in [6, 6.07) is -0.211. The van der Waals surface area contributed by atoms with E-state index in [-0.39, 0.29) is 18.4 Å². The number of aliphatic carboxylic acids is 1. The maximum Gasteiger partial charge on any atom is 0.305 e. The van der Waals surface area contributed by atoms with Crippen LogP contribution in [0.3, 0.4) is 0 Å². The largest absolute Gasteiger partial charge is 0.481 e. The minimum Gasteiger partial charge on any atom is -0.481 e. The van der Waals surface area contributed by atoms with Gasteiger partial charge in [0.2, 0.25) is 5.91 Å². The number of carbonyl (C=O) groups excluding carboxylic acids is 1. The molecule has 0 saturated heterocycles. The molecular weight excluding hydrogens is 206 g/mol. The van der Waals surface area contributed by atoms with E-state index < -0.39 is 5.97 Å². The molecular formula is C12H23NO3. The van der Waals surface area contributed by atoms with Gasteiger partial charge in [0.25, 0.3) is 0 Å². The maximum atomic E-state index is 11.5. The Morgan fingerprint density at radius 2 is 1.88 bits per heavy atom. The second-order valence-electron chi connectivity index (χ2n) is 4.11. The third-order valence-electron chi connectivity index (χ3n) is 2.43. The van der Waals surface area contributed by atoms with Gasteiger partial charge in [0.05, 0.1) is 6.42 Å². The van der Waals surface area contributed by atoms with Crippen LogP contribution in [0.4, 0.5) is 0 Å². The Hall–Kier alpha value is -1.06. The van der Waals surface area contributed by atoms with Crippen molar-refractivity contribution in [3.8, 4) is 0 Å². The van der Waals surface area contributed by atoms with Crippen LogP contribution in [0.25, 0.3) is 0 Å². The molecule has 0 heterocycles. The van der Waals surface area contributed by atoms with Crippen LogP contribution in [0.2, 0.25) is 0 Å². The molecule has 1 atom stereocenters. The first-order chi connectivity index (χ1) is 7.60. The first kappa shape index (κ1) is 14.9. The molecule has 0 spiro atoms. The standard InChI is InChI=1S/C12H23NO3/c1-3-5-6-8-11(14)13-10(7-4-2)9-12(15)16/h10H,3-9H2,1-2H3,(H,13,14)(H,15,16). The van der Waals surface area contributed by atoms with Crippen molar-refractivity contribution >= 4 is 11.9 Å². The molecule has 0 aliphatic rings. The summed E-state index contributed by atoms with van der Waals surface area (Å²) in [5.74, 6) is -0.875. The molecule has 0 aromatic carbocycles. The van der Waals surface area contributed by atoms with Gasteiger partial charge in [-0.3, -0.25) is 9.59 Å². The van der Waals surface area contributed by atoms with Crippen molar-refractivity contribution in [1.82, 2.24) is 5.32 Å². The summed E-state index contributed by atoms with van der Waals surface area (Å²) >= 11 is 0. The summed E-state index contributed by atoms with van der Waals surface area (Å²) in [6.45, 7) is 4.07. The zero-order valence-electron chi connectivity index (χ0n) is 10.3. The van der Waals surface area contributed by atoms with Gasteiger partial charge in [-0.15, -0.1) is 0 Å². The molecule has 2 N–H and O–H groups in total. The van der Waals surface area contributed by atoms with Gasteiger partial charge >= 0.3 is 5.97 Å². The minimum absolute atomic E-state index is 0.0202. The summed E-state index contributed by atoms with van der Waals surface area (Å²) in [5.41, 5.74) is 0. The average Bonchev–Trinajstić information content (AvgIpc) is 2.17. The number of hydrogen-bond donors (Lipinski definition) is 2. The fourth-order valence-electron chi connectivity index (χ4n) is 1.62. The Bertz CT molecular complexity index is 216. The van der Waals surface area contributed by atoms with E-state index in [2.05, 4.69) is 12.2 Å². The molecule has 4 heteroatoms. The predicted molar refractivity (Wildman–Crippen MR) is 63.2 cm³/mol. The Kier molecular flexibility index (Phi) is 8.58. The van der Waals surface area contributed by atoms with Gasteiger partial charge < -0.3 is 10.4 Å². The topological polar surface area (TPSA) is 66.4 Å². The molecule has 0 aromatic heterocycles. The number of rotatable bonds is 9. The summed E-state index contributed by atoms with van der Waals surface area (Å²) in [6.07, 6.45) is 5.15. The monoisotopic (exact) mass is 229 g/mol. The van der Waals surface area contributed by atoms with Gasteiger partial charge in [-0.1, -0.05) is 33.1 Å². The van der Waals surface area contributed by atoms with Crippen LogP contribution in [0.15, 0.2) is 0 Å². The number of nitrogens with one attached hydrogen (secondary N) is 1. The van der Waals surface area contributed by atoms with Crippen molar-refractivity contribution < 1.29 is 14.7 Å². The van der Waals surface area contributed by atoms with Gasteiger partial charge in [-0.2, -0.15) is 0 Å². The summed E-state index contributed by atoms with van der Waals surface area (Å²) in [5, 5.41) is 11.5. The highest BCUT2D eigenvalue weighted by Gasteiger charge is 2.14. The van der Waals surface area contributed by atoms with Gasteiger partial charge in [0.1, 0.15) is 0 Å². The van der Waals surface area contributed by atoms with Crippen molar-refractivity contribution in [2.45, 2.75) is 64.8 Å². The number of carbonyl (C=O) groups is 2. The van der Waals surface area contributed by atoms with Crippen molar-refractivity contribution in [2.24, 2.45) is 0 Å². The van der Waals surface area contributed by atoms with Gasteiger partial charge in [0.15, 0.2) is 0 Å². The van der Waals surface area contributed by atoms with Crippen molar-refractivity contribution in [3.63, 3.8) is 0 Å². The molecule has 1 unspecified atom stereocenters. The zero-order valence-corrected chi connectivity index (χ0v) is 10.3. The number of hydrogen-bond acceptors (Lipinski definition) is 2. The molecule has 1 amide bonds. The summed E-state index contributed by atoms with van der Waals surface area (Å²) in [4.78, 5) is 22.1. The Balaban J connectivity index is 3.87. The fraction of sp³-hybridized carbons (Fsp3) is 0.833. The van der Waals surface area contributed by atoms with Crippen LogP contribution >= 0.6 is 0 Å². The Morgan fingerprint density at radius 3 is 2.38 bits per heavy atom. The summed E-state index contributed by atoms with van der Waals surface area (Å²) in [7, 11) is 0. The second-order valence-corrected chi connectivity index (χ2v) is 4.11. The Labute approximate surface area is 97.4 Å². The lowest BCUT2D eigenvalue weighted by molar-refractivity contribution is -0.137. The van der Waals surface area contributed by atoms with Gasteiger partial charge in [-0.25, -0.2) is 0 Å². The second kappa shape index (κ2) is 9.19. The third kappa shape index (κ3) is 8.26. The van der Waals surface area contributed by atoms with Gasteiger partial charge in [0, 0.05) is 12.5 Å². The van der Waals surface area contributed by atoms with E-state index in [4.69, 9.17) is 5.11 Å². The first-order valence-corrected chi connectivity index (χ1v) is 6.11. The molecule has 0 rings (SSSR count). The van der Waals surface area contributed by atoms with E-state index >= 15 is 0 Å². The molecule has 94 valence electrons.